The Morgan fingerprint density at radius 1 is 1.48 bits per heavy atom. The molecular weight excluding hydrogens is 296 g/mol. The highest BCUT2D eigenvalue weighted by molar-refractivity contribution is 6.14. The fourth-order valence-corrected chi connectivity index (χ4v) is 3.05. The quantitative estimate of drug-likeness (QED) is 0.730. The summed E-state index contributed by atoms with van der Waals surface area (Å²) in [6.45, 7) is 0.846. The van der Waals surface area contributed by atoms with Crippen LogP contribution in [-0.2, 0) is 16.2 Å². The Kier molecular flexibility index (Phi) is 3.64. The second-order valence-electron chi connectivity index (χ2n) is 5.43. The lowest BCUT2D eigenvalue weighted by Gasteiger charge is -2.45. The molecule has 1 aromatic rings. The van der Waals surface area contributed by atoms with Crippen molar-refractivity contribution >= 4 is 23.7 Å². The van der Waals surface area contributed by atoms with E-state index in [0.717, 1.165) is 5.69 Å². The Morgan fingerprint density at radius 3 is 2.95 bits per heavy atom. The lowest BCUT2D eigenvalue weighted by Crippen LogP contribution is -2.58. The zero-order valence-electron chi connectivity index (χ0n) is 11.9. The number of amides is 1. The summed E-state index contributed by atoms with van der Waals surface area (Å²) in [5.41, 5.74) is 0.947. The largest absolute Gasteiger partial charge is 0.428 e. The number of hydrogen-bond acceptors (Lipinski definition) is 5. The molecule has 1 saturated heterocycles. The molecule has 1 aromatic heterocycles. The van der Waals surface area contributed by atoms with Gasteiger partial charge in [-0.15, -0.1) is 5.06 Å². The van der Waals surface area contributed by atoms with Crippen LogP contribution in [0.2, 0.25) is 0 Å². The minimum Gasteiger partial charge on any atom is -0.350 e. The first kappa shape index (κ1) is 14.4. The number of hydroxylamine groups is 2. The summed E-state index contributed by atoms with van der Waals surface area (Å²) >= 11 is 6.29. The minimum atomic E-state index is -0.583. The van der Waals surface area contributed by atoms with Crippen molar-refractivity contribution in [1.82, 2.24) is 18.9 Å². The second-order valence-corrected chi connectivity index (χ2v) is 5.87. The zero-order valence-corrected chi connectivity index (χ0v) is 12.7. The lowest BCUT2D eigenvalue weighted by molar-refractivity contribution is -0.189. The second kappa shape index (κ2) is 5.32. The molecule has 0 N–H and O–H groups in total. The topological polar surface area (TPSA) is 58.0 Å². The molecule has 3 rings (SSSR count). The maximum atomic E-state index is 12.3. The van der Waals surface area contributed by atoms with E-state index in [4.69, 9.17) is 16.6 Å². The number of fused-ring (bicyclic) bond motifs is 3. The number of carbonyl (C=O) groups is 2. The van der Waals surface area contributed by atoms with Crippen LogP contribution in [0.25, 0.3) is 0 Å². The van der Waals surface area contributed by atoms with Crippen molar-refractivity contribution in [3.05, 3.63) is 24.0 Å². The molecule has 21 heavy (non-hydrogen) atoms. The molecule has 3 heterocycles. The number of ketones is 1. The van der Waals surface area contributed by atoms with Crippen molar-refractivity contribution in [2.75, 3.05) is 20.6 Å². The van der Waals surface area contributed by atoms with Crippen LogP contribution in [0.5, 0.6) is 0 Å². The third kappa shape index (κ3) is 2.41. The highest BCUT2D eigenvalue weighted by Crippen LogP contribution is 2.36. The average Bonchev–Trinajstić information content (AvgIpc) is 2.89. The molecule has 0 radical (unpaired) electrons. The molecule has 0 spiro atoms. The van der Waals surface area contributed by atoms with E-state index in [9.17, 15) is 9.59 Å². The van der Waals surface area contributed by atoms with Crippen molar-refractivity contribution in [2.45, 2.75) is 25.2 Å². The number of hydrogen-bond donors (Lipinski definition) is 0. The smallest absolute Gasteiger partial charge is 0.350 e. The molecule has 0 bridgehead atoms. The van der Waals surface area contributed by atoms with Crippen molar-refractivity contribution < 1.29 is 14.4 Å². The van der Waals surface area contributed by atoms with Crippen LogP contribution in [0.4, 0.5) is 4.79 Å². The minimum absolute atomic E-state index is 0.0304. The summed E-state index contributed by atoms with van der Waals surface area (Å²) in [5, 5.41) is 1.44. The van der Waals surface area contributed by atoms with Gasteiger partial charge in [-0.05, 0) is 23.9 Å². The Balaban J connectivity index is 1.95. The summed E-state index contributed by atoms with van der Waals surface area (Å²) in [6.07, 6.45) is 1.37. The first-order valence-electron chi connectivity index (χ1n) is 6.76. The van der Waals surface area contributed by atoms with E-state index in [1.165, 1.54) is 9.96 Å². The average molecular weight is 313 g/mol. The van der Waals surface area contributed by atoms with Gasteiger partial charge in [0.25, 0.3) is 0 Å². The molecule has 114 valence electrons. The van der Waals surface area contributed by atoms with Gasteiger partial charge in [0.15, 0.2) is 5.78 Å². The fraction of sp³-hybridized carbons (Fsp3) is 0.538. The van der Waals surface area contributed by atoms with Crippen LogP contribution in [0.1, 0.15) is 18.3 Å². The van der Waals surface area contributed by atoms with E-state index < -0.39 is 12.1 Å². The van der Waals surface area contributed by atoms with Gasteiger partial charge in [0.1, 0.15) is 12.2 Å². The summed E-state index contributed by atoms with van der Waals surface area (Å²) in [6, 6.07) is 3.24. The molecule has 2 atom stereocenters. The first-order chi connectivity index (χ1) is 9.99. The van der Waals surface area contributed by atoms with E-state index in [1.54, 1.807) is 18.5 Å². The number of halogens is 1. The van der Waals surface area contributed by atoms with Crippen molar-refractivity contribution in [3.63, 3.8) is 0 Å². The number of Topliss-reactive ketones (excluding diaryl/α,β-unsaturated/α-hetero) is 1. The van der Waals surface area contributed by atoms with Gasteiger partial charge >= 0.3 is 6.09 Å². The molecule has 1 fully saturated rings. The Bertz CT molecular complexity index is 574. The van der Waals surface area contributed by atoms with Crippen LogP contribution < -0.4 is 0 Å². The van der Waals surface area contributed by atoms with E-state index in [0.29, 0.717) is 19.5 Å². The number of rotatable bonds is 1. The van der Waals surface area contributed by atoms with E-state index in [-0.39, 0.29) is 11.9 Å². The zero-order chi connectivity index (χ0) is 15.1. The third-order valence-electron chi connectivity index (χ3n) is 3.81. The fourth-order valence-electron chi connectivity index (χ4n) is 2.76. The summed E-state index contributed by atoms with van der Waals surface area (Å²) in [5.74, 6) is 0.0304. The van der Waals surface area contributed by atoms with Crippen LogP contribution in [0.15, 0.2) is 18.3 Å². The molecule has 2 aliphatic heterocycles. The van der Waals surface area contributed by atoms with E-state index in [2.05, 4.69) is 0 Å². The van der Waals surface area contributed by atoms with Gasteiger partial charge in [-0.2, -0.15) is 4.42 Å². The molecule has 1 amide bonds. The molecule has 0 saturated carbocycles. The number of carbonyl (C=O) groups excluding carboxylic acids is 2. The van der Waals surface area contributed by atoms with Gasteiger partial charge in [0.2, 0.25) is 0 Å². The summed E-state index contributed by atoms with van der Waals surface area (Å²) < 4.78 is 3.57. The standard InChI is InChI=1S/C13H17ClN4O3/c1-15(2)13(20)21-18-8-9-4-3-6-16(9)12-11(18)10(19)5-7-17(12)14/h3-4,6,11-12H,5,7-8H2,1-2H3. The summed E-state index contributed by atoms with van der Waals surface area (Å²) in [7, 11) is 3.20. The van der Waals surface area contributed by atoms with Crippen LogP contribution in [0, 0.1) is 0 Å². The lowest BCUT2D eigenvalue weighted by atomic mass is 9.99. The van der Waals surface area contributed by atoms with Gasteiger partial charge in [-0.25, -0.2) is 4.79 Å². The highest BCUT2D eigenvalue weighted by Gasteiger charge is 2.47. The van der Waals surface area contributed by atoms with Crippen LogP contribution in [0.3, 0.4) is 0 Å². The highest BCUT2D eigenvalue weighted by atomic mass is 35.5. The molecule has 2 unspecified atom stereocenters. The Morgan fingerprint density at radius 2 is 2.24 bits per heavy atom. The number of nitrogens with zero attached hydrogens (tertiary/aromatic N) is 4. The monoisotopic (exact) mass is 312 g/mol. The van der Waals surface area contributed by atoms with Crippen molar-refractivity contribution in [3.8, 4) is 0 Å². The molecule has 7 nitrogen and oxygen atoms in total. The maximum Gasteiger partial charge on any atom is 0.428 e. The van der Waals surface area contributed by atoms with Crippen molar-refractivity contribution in [1.29, 1.82) is 0 Å². The third-order valence-corrected chi connectivity index (χ3v) is 4.18. The van der Waals surface area contributed by atoms with Gasteiger partial charge in [0.05, 0.1) is 6.54 Å². The number of piperidine rings is 1. The SMILES string of the molecule is CN(C)C(=O)ON1Cc2cccn2C2C1C(=O)CCN2Cl. The normalized spacial score (nSPS) is 26.1. The molecule has 8 heteroatoms. The van der Waals surface area contributed by atoms with Crippen molar-refractivity contribution in [2.24, 2.45) is 0 Å². The molecular formula is C13H17ClN4O3. The van der Waals surface area contributed by atoms with E-state index in [1.807, 2.05) is 22.9 Å². The molecule has 0 aliphatic carbocycles. The van der Waals surface area contributed by atoms with E-state index >= 15 is 0 Å². The van der Waals surface area contributed by atoms with Gasteiger partial charge in [0, 0.05) is 39.0 Å². The maximum absolute atomic E-state index is 12.3. The van der Waals surface area contributed by atoms with Gasteiger partial charge in [-0.3, -0.25) is 4.79 Å². The van der Waals surface area contributed by atoms with Crippen LogP contribution >= 0.6 is 11.8 Å². The Hall–Kier alpha value is -1.57. The predicted molar refractivity (Wildman–Crippen MR) is 75.2 cm³/mol. The molecule has 0 aromatic carbocycles. The number of aromatic nitrogens is 1. The van der Waals surface area contributed by atoms with Crippen LogP contribution in [-0.4, -0.2) is 57.5 Å². The van der Waals surface area contributed by atoms with Gasteiger partial charge < -0.3 is 14.3 Å². The summed E-state index contributed by atoms with van der Waals surface area (Å²) in [4.78, 5) is 30.8. The molecule has 2 aliphatic rings. The first-order valence-corrected chi connectivity index (χ1v) is 7.09. The Labute approximate surface area is 127 Å². The predicted octanol–water partition coefficient (Wildman–Crippen LogP) is 1.21. The van der Waals surface area contributed by atoms with Gasteiger partial charge in [-0.1, -0.05) is 0 Å².